The van der Waals surface area contributed by atoms with Gasteiger partial charge in [0.2, 0.25) is 0 Å². The number of amides is 1. The maximum atomic E-state index is 10.9. The normalized spacial score (nSPS) is 27.3. The number of anilines is 1. The van der Waals surface area contributed by atoms with Crippen LogP contribution in [0, 0.1) is 0 Å². The van der Waals surface area contributed by atoms with Crippen LogP contribution in [0.2, 0.25) is 0 Å². The third-order valence-electron chi connectivity index (χ3n) is 3.47. The minimum absolute atomic E-state index is 0.168. The minimum atomic E-state index is -1.32. The van der Waals surface area contributed by atoms with Gasteiger partial charge >= 0.3 is 6.09 Å². The second-order valence-electron chi connectivity index (χ2n) is 4.84. The van der Waals surface area contributed by atoms with Crippen LogP contribution in [0.25, 0.3) is 11.2 Å². The largest absolute Gasteiger partial charge is 0.445 e. The Morgan fingerprint density at radius 2 is 2.17 bits per heavy atom. The summed E-state index contributed by atoms with van der Waals surface area (Å²) in [6.07, 6.45) is -3.15. The summed E-state index contributed by atoms with van der Waals surface area (Å²) < 4.78 is 11.5. The molecule has 0 aromatic carbocycles. The molecule has 1 aliphatic heterocycles. The number of aliphatic hydroxyl groups excluding tert-OH is 2. The lowest BCUT2D eigenvalue weighted by Crippen LogP contribution is -2.35. The molecule has 1 amide bonds. The van der Waals surface area contributed by atoms with Crippen LogP contribution in [0.15, 0.2) is 12.7 Å². The Hall–Kier alpha value is -2.54. The number of nitrogens with zero attached hydrogens (tertiary/aromatic N) is 4. The zero-order chi connectivity index (χ0) is 16.6. The van der Waals surface area contributed by atoms with E-state index in [9.17, 15) is 15.0 Å². The number of imidazole rings is 1. The van der Waals surface area contributed by atoms with Crippen LogP contribution < -0.4 is 11.2 Å². The highest BCUT2D eigenvalue weighted by Gasteiger charge is 2.44. The molecular formula is C11H14N6O6. The first-order chi connectivity index (χ1) is 11.0. The highest BCUT2D eigenvalue weighted by atomic mass is 16.6. The first-order valence-electron chi connectivity index (χ1n) is 6.54. The van der Waals surface area contributed by atoms with Gasteiger partial charge in [0.25, 0.3) is 0 Å². The third kappa shape index (κ3) is 2.63. The van der Waals surface area contributed by atoms with Gasteiger partial charge in [0.05, 0.1) is 6.33 Å². The maximum Gasteiger partial charge on any atom is 0.431 e. The van der Waals surface area contributed by atoms with Gasteiger partial charge in [-0.15, -0.1) is 0 Å². The van der Waals surface area contributed by atoms with Crippen molar-refractivity contribution in [1.29, 1.82) is 0 Å². The van der Waals surface area contributed by atoms with Crippen molar-refractivity contribution in [3.05, 3.63) is 12.7 Å². The number of nitrogens with one attached hydrogen (secondary N) is 1. The third-order valence-corrected chi connectivity index (χ3v) is 3.47. The molecule has 1 aliphatic rings. The van der Waals surface area contributed by atoms with Gasteiger partial charge in [0, 0.05) is 0 Å². The summed E-state index contributed by atoms with van der Waals surface area (Å²) in [4.78, 5) is 22.7. The van der Waals surface area contributed by atoms with Gasteiger partial charge in [-0.2, -0.15) is 0 Å². The van der Waals surface area contributed by atoms with Gasteiger partial charge in [-0.1, -0.05) is 0 Å². The van der Waals surface area contributed by atoms with Gasteiger partial charge in [-0.3, -0.25) is 9.77 Å². The fourth-order valence-corrected chi connectivity index (χ4v) is 2.34. The Bertz CT molecular complexity index is 722. The molecule has 0 aliphatic carbocycles. The summed E-state index contributed by atoms with van der Waals surface area (Å²) in [5, 5.41) is 28.5. The number of hydrogen-bond acceptors (Lipinski definition) is 10. The lowest BCUT2D eigenvalue weighted by Gasteiger charge is -2.16. The predicted molar refractivity (Wildman–Crippen MR) is 71.9 cm³/mol. The number of ether oxygens (including phenoxy) is 2. The summed E-state index contributed by atoms with van der Waals surface area (Å²) in [5.74, 6) is 0.168. The summed E-state index contributed by atoms with van der Waals surface area (Å²) in [7, 11) is 0. The molecule has 0 unspecified atom stereocenters. The highest BCUT2D eigenvalue weighted by molar-refractivity contribution is 5.81. The van der Waals surface area contributed by atoms with Crippen LogP contribution in [0.1, 0.15) is 6.23 Å². The Morgan fingerprint density at radius 3 is 2.91 bits per heavy atom. The second kappa shape index (κ2) is 5.92. The van der Waals surface area contributed by atoms with Crippen LogP contribution in [0.3, 0.4) is 0 Å². The van der Waals surface area contributed by atoms with Crippen molar-refractivity contribution in [2.75, 3.05) is 12.3 Å². The highest BCUT2D eigenvalue weighted by Crippen LogP contribution is 2.32. The number of hydroxylamine groups is 1. The van der Waals surface area contributed by atoms with Crippen molar-refractivity contribution in [2.45, 2.75) is 24.5 Å². The fourth-order valence-electron chi connectivity index (χ4n) is 2.34. The number of rotatable bonds is 3. The molecule has 2 aromatic heterocycles. The summed E-state index contributed by atoms with van der Waals surface area (Å²) in [6, 6.07) is 0. The topological polar surface area (TPSA) is 178 Å². The number of aliphatic hydroxyl groups is 2. The number of hydrogen-bond donors (Lipinski definition) is 5. The van der Waals surface area contributed by atoms with E-state index in [1.165, 1.54) is 22.7 Å². The van der Waals surface area contributed by atoms with Crippen LogP contribution >= 0.6 is 0 Å². The first-order valence-corrected chi connectivity index (χ1v) is 6.54. The first kappa shape index (κ1) is 15.4. The van der Waals surface area contributed by atoms with E-state index in [4.69, 9.17) is 15.7 Å². The summed E-state index contributed by atoms with van der Waals surface area (Å²) in [6.45, 7) is -0.370. The van der Waals surface area contributed by atoms with Crippen LogP contribution in [0.4, 0.5) is 10.6 Å². The van der Waals surface area contributed by atoms with Gasteiger partial charge in [-0.05, 0) is 0 Å². The molecule has 1 fully saturated rings. The van der Waals surface area contributed by atoms with Gasteiger partial charge in [0.15, 0.2) is 17.7 Å². The molecule has 2 aromatic rings. The Morgan fingerprint density at radius 1 is 1.39 bits per heavy atom. The minimum Gasteiger partial charge on any atom is -0.445 e. The van der Waals surface area contributed by atoms with E-state index in [0.717, 1.165) is 0 Å². The zero-order valence-electron chi connectivity index (χ0n) is 11.6. The van der Waals surface area contributed by atoms with Gasteiger partial charge < -0.3 is 25.4 Å². The van der Waals surface area contributed by atoms with Crippen molar-refractivity contribution in [2.24, 2.45) is 0 Å². The monoisotopic (exact) mass is 326 g/mol. The quantitative estimate of drug-likeness (QED) is 0.317. The average molecular weight is 326 g/mol. The number of aromatic nitrogens is 4. The Labute approximate surface area is 128 Å². The van der Waals surface area contributed by atoms with Crippen molar-refractivity contribution in [3.8, 4) is 0 Å². The molecule has 0 bridgehead atoms. The van der Waals surface area contributed by atoms with E-state index in [1.807, 2.05) is 0 Å². The van der Waals surface area contributed by atoms with Crippen LogP contribution in [0.5, 0.6) is 0 Å². The van der Waals surface area contributed by atoms with E-state index in [2.05, 4.69) is 19.7 Å². The lowest BCUT2D eigenvalue weighted by atomic mass is 10.1. The van der Waals surface area contributed by atoms with E-state index < -0.39 is 30.6 Å². The molecule has 3 heterocycles. The SMILES string of the molecule is Nc1ncnc2c1ncn2[C@@H]1O[C@H](COC(=O)NO)[C@@H](O)[C@H]1O. The standard InChI is InChI=1S/C11H14N6O6/c12-8-5-9(14-2-13-8)17(3-15-5)10-7(19)6(18)4(23-10)1-22-11(20)16-21/h2-4,6-7,10,18-19,21H,1H2,(H,16,20)(H2,12,13,14)/t4-,6-,7-,10-/m1/s1. The number of nitrogens with two attached hydrogens (primary N) is 1. The lowest BCUT2D eigenvalue weighted by molar-refractivity contribution is -0.0558. The van der Waals surface area contributed by atoms with Crippen molar-refractivity contribution in [3.63, 3.8) is 0 Å². The average Bonchev–Trinajstić information content (AvgIpc) is 3.09. The van der Waals surface area contributed by atoms with Gasteiger partial charge in [0.1, 0.15) is 36.8 Å². The number of fused-ring (bicyclic) bond motifs is 1. The van der Waals surface area contributed by atoms with E-state index in [-0.39, 0.29) is 12.4 Å². The number of carbonyl (C=O) groups is 1. The van der Waals surface area contributed by atoms with Crippen LogP contribution in [-0.2, 0) is 9.47 Å². The predicted octanol–water partition coefficient (Wildman–Crippen LogP) is -1.86. The maximum absolute atomic E-state index is 10.9. The molecule has 3 rings (SSSR count). The molecule has 0 saturated carbocycles. The molecule has 6 N–H and O–H groups in total. The molecule has 124 valence electrons. The van der Waals surface area contributed by atoms with Crippen molar-refractivity contribution in [1.82, 2.24) is 25.0 Å². The number of carbonyl (C=O) groups excluding carboxylic acids is 1. The molecule has 1 saturated heterocycles. The zero-order valence-corrected chi connectivity index (χ0v) is 11.6. The summed E-state index contributed by atoms with van der Waals surface area (Å²) in [5.41, 5.74) is 7.62. The molecule has 23 heavy (non-hydrogen) atoms. The molecule has 12 nitrogen and oxygen atoms in total. The number of nitrogen functional groups attached to an aromatic ring is 1. The van der Waals surface area contributed by atoms with E-state index in [1.54, 1.807) is 0 Å². The van der Waals surface area contributed by atoms with E-state index in [0.29, 0.717) is 11.2 Å². The van der Waals surface area contributed by atoms with E-state index >= 15 is 0 Å². The molecule has 0 spiro atoms. The Kier molecular flexibility index (Phi) is 3.96. The molecule has 0 radical (unpaired) electrons. The fraction of sp³-hybridized carbons (Fsp3) is 0.455. The Balaban J connectivity index is 1.82. The van der Waals surface area contributed by atoms with Crippen molar-refractivity contribution >= 4 is 23.1 Å². The molecular weight excluding hydrogens is 312 g/mol. The molecule has 12 heteroatoms. The second-order valence-corrected chi connectivity index (χ2v) is 4.84. The smallest absolute Gasteiger partial charge is 0.431 e. The van der Waals surface area contributed by atoms with Gasteiger partial charge in [-0.25, -0.2) is 25.2 Å². The van der Waals surface area contributed by atoms with Crippen LogP contribution in [-0.4, -0.2) is 66.0 Å². The summed E-state index contributed by atoms with van der Waals surface area (Å²) >= 11 is 0. The molecule has 4 atom stereocenters. The van der Waals surface area contributed by atoms with Crippen molar-refractivity contribution < 1.29 is 29.7 Å².